The Balaban J connectivity index is 2.07. The fourth-order valence-corrected chi connectivity index (χ4v) is 2.84. The van der Waals surface area contributed by atoms with Crippen molar-refractivity contribution in [2.45, 2.75) is 12.8 Å². The first-order valence-corrected chi connectivity index (χ1v) is 6.77. The number of anilines is 2. The molecule has 0 unspecified atom stereocenters. The maximum absolute atomic E-state index is 12.1. The van der Waals surface area contributed by atoms with Gasteiger partial charge in [0.1, 0.15) is 0 Å². The Kier molecular flexibility index (Phi) is 4.06. The molecular weight excluding hydrogens is 296 g/mol. The first-order valence-electron chi connectivity index (χ1n) is 5.97. The molecule has 0 radical (unpaired) electrons. The highest BCUT2D eigenvalue weighted by Gasteiger charge is 2.20. The summed E-state index contributed by atoms with van der Waals surface area (Å²) in [6.45, 7) is 2.09. The fourth-order valence-electron chi connectivity index (χ4n) is 2.19. The van der Waals surface area contributed by atoms with E-state index in [4.69, 9.17) is 5.73 Å². The van der Waals surface area contributed by atoms with E-state index >= 15 is 0 Å². The van der Waals surface area contributed by atoms with Gasteiger partial charge >= 0.3 is 0 Å². The van der Waals surface area contributed by atoms with Crippen LogP contribution in [0.1, 0.15) is 12.8 Å². The molecule has 1 aliphatic rings. The lowest BCUT2D eigenvalue weighted by molar-refractivity contribution is -0.128. The second kappa shape index (κ2) is 5.56. The van der Waals surface area contributed by atoms with Crippen LogP contribution in [0.15, 0.2) is 16.9 Å². The molecule has 2 rings (SSSR count). The number of nitrogens with two attached hydrogens (primary N) is 1. The summed E-state index contributed by atoms with van der Waals surface area (Å²) in [5, 5.41) is 0. The number of halogens is 1. The average molecular weight is 313 g/mol. The van der Waals surface area contributed by atoms with Gasteiger partial charge in [-0.3, -0.25) is 9.78 Å². The number of likely N-dealkylation sites (N-methyl/N-ethyl adjacent to an activating group) is 1. The molecule has 0 saturated carbocycles. The molecule has 0 aromatic carbocycles. The molecule has 2 heterocycles. The van der Waals surface area contributed by atoms with Gasteiger partial charge in [-0.05, 0) is 28.8 Å². The lowest BCUT2D eigenvalue weighted by Crippen LogP contribution is -2.37. The minimum Gasteiger partial charge on any atom is -0.396 e. The van der Waals surface area contributed by atoms with E-state index in [0.29, 0.717) is 12.2 Å². The molecule has 1 saturated heterocycles. The highest BCUT2D eigenvalue weighted by molar-refractivity contribution is 9.10. The lowest BCUT2D eigenvalue weighted by atomic mass is 10.3. The first-order chi connectivity index (χ1) is 8.59. The Morgan fingerprint density at radius 1 is 1.50 bits per heavy atom. The molecule has 6 heteroatoms. The lowest BCUT2D eigenvalue weighted by Gasteiger charge is -2.24. The number of nitrogens with zero attached hydrogens (tertiary/aromatic N) is 3. The first kappa shape index (κ1) is 13.1. The van der Waals surface area contributed by atoms with Crippen LogP contribution in [0.5, 0.6) is 0 Å². The van der Waals surface area contributed by atoms with Gasteiger partial charge in [0.15, 0.2) is 0 Å². The molecule has 0 bridgehead atoms. The van der Waals surface area contributed by atoms with Crippen LogP contribution in [-0.4, -0.2) is 42.5 Å². The van der Waals surface area contributed by atoms with Crippen LogP contribution in [0.3, 0.4) is 0 Å². The van der Waals surface area contributed by atoms with E-state index in [-0.39, 0.29) is 5.91 Å². The Morgan fingerprint density at radius 3 is 2.78 bits per heavy atom. The van der Waals surface area contributed by atoms with Gasteiger partial charge in [0.2, 0.25) is 5.91 Å². The van der Waals surface area contributed by atoms with Crippen molar-refractivity contribution in [2.75, 3.05) is 37.3 Å². The van der Waals surface area contributed by atoms with Crippen molar-refractivity contribution in [1.29, 1.82) is 0 Å². The van der Waals surface area contributed by atoms with Crippen LogP contribution >= 0.6 is 15.9 Å². The van der Waals surface area contributed by atoms with E-state index in [1.54, 1.807) is 12.4 Å². The number of pyridine rings is 1. The second-order valence-electron chi connectivity index (χ2n) is 4.50. The summed E-state index contributed by atoms with van der Waals surface area (Å²) >= 11 is 3.41. The number of hydrogen-bond acceptors (Lipinski definition) is 4. The smallest absolute Gasteiger partial charge is 0.242 e. The van der Waals surface area contributed by atoms with Crippen LogP contribution in [-0.2, 0) is 4.79 Å². The summed E-state index contributed by atoms with van der Waals surface area (Å²) < 4.78 is 0.805. The third kappa shape index (κ3) is 2.75. The third-order valence-electron chi connectivity index (χ3n) is 3.11. The minimum atomic E-state index is 0.151. The summed E-state index contributed by atoms with van der Waals surface area (Å²) in [5.41, 5.74) is 7.28. The van der Waals surface area contributed by atoms with Gasteiger partial charge in [-0.1, -0.05) is 0 Å². The van der Waals surface area contributed by atoms with Crippen LogP contribution in [0.4, 0.5) is 11.4 Å². The van der Waals surface area contributed by atoms with Crippen LogP contribution < -0.4 is 10.6 Å². The summed E-state index contributed by atoms with van der Waals surface area (Å²) in [7, 11) is 1.87. The number of likely N-dealkylation sites (tertiary alicyclic amines) is 1. The number of carbonyl (C=O) groups excluding carboxylic acids is 1. The zero-order chi connectivity index (χ0) is 13.1. The van der Waals surface area contributed by atoms with E-state index in [1.807, 2.05) is 16.8 Å². The van der Waals surface area contributed by atoms with E-state index in [0.717, 1.165) is 36.1 Å². The summed E-state index contributed by atoms with van der Waals surface area (Å²) in [6.07, 6.45) is 5.49. The molecule has 98 valence electrons. The number of amides is 1. The zero-order valence-electron chi connectivity index (χ0n) is 10.4. The second-order valence-corrected chi connectivity index (χ2v) is 5.36. The van der Waals surface area contributed by atoms with Crippen LogP contribution in [0.2, 0.25) is 0 Å². The molecular formula is C12H17BrN4O. The molecule has 1 aliphatic heterocycles. The maximum atomic E-state index is 12.1. The van der Waals surface area contributed by atoms with Crippen LogP contribution in [0.25, 0.3) is 0 Å². The van der Waals surface area contributed by atoms with Gasteiger partial charge in [-0.2, -0.15) is 0 Å². The highest BCUT2D eigenvalue weighted by atomic mass is 79.9. The van der Waals surface area contributed by atoms with Gasteiger partial charge < -0.3 is 15.5 Å². The maximum Gasteiger partial charge on any atom is 0.242 e. The van der Waals surface area contributed by atoms with E-state index < -0.39 is 0 Å². The number of nitrogen functional groups attached to an aromatic ring is 1. The monoisotopic (exact) mass is 312 g/mol. The van der Waals surface area contributed by atoms with Crippen molar-refractivity contribution in [1.82, 2.24) is 9.88 Å². The van der Waals surface area contributed by atoms with Crippen molar-refractivity contribution in [2.24, 2.45) is 0 Å². The summed E-state index contributed by atoms with van der Waals surface area (Å²) in [6, 6.07) is 0. The van der Waals surface area contributed by atoms with Gasteiger partial charge in [0.25, 0.3) is 0 Å². The largest absolute Gasteiger partial charge is 0.396 e. The molecule has 1 aromatic rings. The Bertz CT molecular complexity index is 425. The van der Waals surface area contributed by atoms with E-state index in [9.17, 15) is 4.79 Å². The van der Waals surface area contributed by atoms with Gasteiger partial charge in [-0.25, -0.2) is 0 Å². The van der Waals surface area contributed by atoms with E-state index in [1.165, 1.54) is 0 Å². The van der Waals surface area contributed by atoms with Crippen molar-refractivity contribution >= 4 is 33.2 Å². The standard InChI is InChI=1S/C12H17BrN4O/c1-16(8-11(18)17-4-2-3-5-17)12-9(13)6-15-7-10(12)14/h6-7H,2-5,8,14H2,1H3. The quantitative estimate of drug-likeness (QED) is 0.918. The highest BCUT2D eigenvalue weighted by Crippen LogP contribution is 2.30. The van der Waals surface area contributed by atoms with Gasteiger partial charge in [-0.15, -0.1) is 0 Å². The van der Waals surface area contributed by atoms with Gasteiger partial charge in [0.05, 0.1) is 28.6 Å². The van der Waals surface area contributed by atoms with Crippen molar-refractivity contribution < 1.29 is 4.79 Å². The zero-order valence-corrected chi connectivity index (χ0v) is 12.0. The van der Waals surface area contributed by atoms with Crippen molar-refractivity contribution in [3.8, 4) is 0 Å². The predicted molar refractivity (Wildman–Crippen MR) is 75.4 cm³/mol. The Hall–Kier alpha value is -1.30. The number of rotatable bonds is 3. The molecule has 2 N–H and O–H groups in total. The third-order valence-corrected chi connectivity index (χ3v) is 3.69. The molecule has 1 aromatic heterocycles. The minimum absolute atomic E-state index is 0.151. The molecule has 0 spiro atoms. The Morgan fingerprint density at radius 2 is 2.17 bits per heavy atom. The average Bonchev–Trinajstić information content (AvgIpc) is 2.81. The number of hydrogen-bond donors (Lipinski definition) is 1. The molecule has 5 nitrogen and oxygen atoms in total. The molecule has 0 aliphatic carbocycles. The van der Waals surface area contributed by atoms with Crippen molar-refractivity contribution in [3.05, 3.63) is 16.9 Å². The molecule has 1 fully saturated rings. The van der Waals surface area contributed by atoms with Crippen molar-refractivity contribution in [3.63, 3.8) is 0 Å². The Labute approximate surface area is 115 Å². The molecule has 1 amide bonds. The summed E-state index contributed by atoms with van der Waals surface area (Å²) in [4.78, 5) is 19.8. The predicted octanol–water partition coefficient (Wildman–Crippen LogP) is 1.48. The summed E-state index contributed by atoms with van der Waals surface area (Å²) in [5.74, 6) is 0.151. The molecule has 18 heavy (non-hydrogen) atoms. The normalized spacial score (nSPS) is 14.9. The molecule has 0 atom stereocenters. The fraction of sp³-hybridized carbons (Fsp3) is 0.500. The van der Waals surface area contributed by atoms with E-state index in [2.05, 4.69) is 20.9 Å². The van der Waals surface area contributed by atoms with Gasteiger partial charge in [0, 0.05) is 26.3 Å². The number of carbonyl (C=O) groups is 1. The topological polar surface area (TPSA) is 62.5 Å². The number of aromatic nitrogens is 1. The SMILES string of the molecule is CN(CC(=O)N1CCCC1)c1c(N)cncc1Br. The van der Waals surface area contributed by atoms with Crippen LogP contribution in [0, 0.1) is 0 Å².